The van der Waals surface area contributed by atoms with Gasteiger partial charge in [-0.05, 0) is 89.8 Å². The van der Waals surface area contributed by atoms with E-state index >= 15 is 0 Å². The Morgan fingerprint density at radius 1 is 1.02 bits per heavy atom. The molecule has 2 N–H and O–H groups in total. The van der Waals surface area contributed by atoms with Crippen LogP contribution in [0, 0.1) is 0 Å². The van der Waals surface area contributed by atoms with Crippen molar-refractivity contribution >= 4 is 48.4 Å². The fourth-order valence-corrected chi connectivity index (χ4v) is 7.33. The smallest absolute Gasteiger partial charge is 0.397 e. The highest BCUT2D eigenvalue weighted by atomic mass is 32.1. The molecule has 0 saturated heterocycles. The van der Waals surface area contributed by atoms with Gasteiger partial charge in [-0.3, -0.25) is 9.59 Å². The number of benzene rings is 1. The van der Waals surface area contributed by atoms with E-state index in [9.17, 15) is 19.2 Å². The van der Waals surface area contributed by atoms with E-state index in [0.717, 1.165) is 16.0 Å². The van der Waals surface area contributed by atoms with Gasteiger partial charge in [0.25, 0.3) is 14.2 Å². The molecule has 45 heavy (non-hydrogen) atoms. The Hall–Kier alpha value is -3.22. The summed E-state index contributed by atoms with van der Waals surface area (Å²) in [6, 6.07) is 5.46. The van der Waals surface area contributed by atoms with Crippen molar-refractivity contribution in [2.24, 2.45) is 0 Å². The van der Waals surface area contributed by atoms with Gasteiger partial charge in [-0.15, -0.1) is 11.3 Å². The van der Waals surface area contributed by atoms with Crippen molar-refractivity contribution in [3.63, 3.8) is 0 Å². The molecule has 0 fully saturated rings. The van der Waals surface area contributed by atoms with Crippen molar-refractivity contribution in [3.8, 4) is 5.75 Å². The van der Waals surface area contributed by atoms with Crippen molar-refractivity contribution in [3.05, 3.63) is 45.3 Å². The number of amides is 2. The molecule has 2 aliphatic heterocycles. The van der Waals surface area contributed by atoms with Gasteiger partial charge in [0.2, 0.25) is 0 Å². The van der Waals surface area contributed by atoms with Crippen LogP contribution in [0.3, 0.4) is 0 Å². The van der Waals surface area contributed by atoms with Gasteiger partial charge in [0.05, 0.1) is 17.2 Å². The van der Waals surface area contributed by atoms with Crippen molar-refractivity contribution in [2.75, 3.05) is 18.4 Å². The third kappa shape index (κ3) is 7.78. The highest BCUT2D eigenvalue weighted by Gasteiger charge is 2.42. The number of hydrogen-bond acceptors (Lipinski definition) is 9. The zero-order valence-electron chi connectivity index (χ0n) is 28.4. The zero-order chi connectivity index (χ0) is 33.7. The molecule has 1 aromatic heterocycles. The van der Waals surface area contributed by atoms with Crippen molar-refractivity contribution in [2.45, 2.75) is 111 Å². The second-order valence-electron chi connectivity index (χ2n) is 15.2. The number of rotatable bonds is 6. The molecule has 2 aromatic rings. The first-order valence-corrected chi connectivity index (χ1v) is 19.1. The van der Waals surface area contributed by atoms with Gasteiger partial charge in [-0.2, -0.15) is 0 Å². The fourth-order valence-electron chi connectivity index (χ4n) is 5.00. The van der Waals surface area contributed by atoms with Crippen molar-refractivity contribution in [1.82, 2.24) is 10.2 Å². The van der Waals surface area contributed by atoms with Crippen LogP contribution < -0.4 is 15.1 Å². The van der Waals surface area contributed by atoms with Crippen LogP contribution in [0.5, 0.6) is 5.75 Å². The summed E-state index contributed by atoms with van der Waals surface area (Å²) >= 11 is 1.21. The number of thiophene rings is 1. The monoisotopic (exact) mass is 657 g/mol. The molecule has 0 radical (unpaired) electrons. The lowest BCUT2D eigenvalue weighted by atomic mass is 9.98. The molecule has 4 rings (SSSR count). The summed E-state index contributed by atoms with van der Waals surface area (Å²) in [4.78, 5) is 55.3. The lowest BCUT2D eigenvalue weighted by molar-refractivity contribution is -0.161. The molecule has 246 valence electrons. The third-order valence-electron chi connectivity index (χ3n) is 8.08. The van der Waals surface area contributed by atoms with E-state index in [1.165, 1.54) is 11.3 Å². The Kier molecular flexibility index (Phi) is 9.38. The molecule has 2 amide bonds. The molecule has 0 bridgehead atoms. The number of nitrogens with one attached hydrogen (secondary N) is 2. The summed E-state index contributed by atoms with van der Waals surface area (Å²) in [5, 5.41) is 6.31. The molecule has 10 nitrogen and oxygen atoms in total. The lowest BCUT2D eigenvalue weighted by Crippen LogP contribution is -2.44. The second-order valence-corrected chi connectivity index (χ2v) is 21.0. The summed E-state index contributed by atoms with van der Waals surface area (Å²) in [6.45, 7) is 22.5. The van der Waals surface area contributed by atoms with Crippen molar-refractivity contribution in [1.29, 1.82) is 0 Å². The molecule has 1 aromatic carbocycles. The van der Waals surface area contributed by atoms with Crippen LogP contribution >= 0.6 is 11.3 Å². The zero-order valence-corrected chi connectivity index (χ0v) is 30.2. The predicted octanol–water partition coefficient (Wildman–Crippen LogP) is 6.21. The number of esters is 2. The molecule has 1 atom stereocenters. The Morgan fingerprint density at radius 2 is 1.67 bits per heavy atom. The topological polar surface area (TPSA) is 123 Å². The average molecular weight is 658 g/mol. The maximum absolute atomic E-state index is 13.9. The van der Waals surface area contributed by atoms with Gasteiger partial charge in [-0.25, -0.2) is 9.59 Å². The molecule has 12 heteroatoms. The predicted molar refractivity (Wildman–Crippen MR) is 177 cm³/mol. The first-order chi connectivity index (χ1) is 20.6. The number of carbonyl (C=O) groups is 4. The number of ether oxygens (including phenoxy) is 2. The Bertz CT molecular complexity index is 1510. The average Bonchev–Trinajstić information content (AvgIpc) is 3.39. The Morgan fingerprint density at radius 3 is 2.27 bits per heavy atom. The first kappa shape index (κ1) is 34.6. The molecule has 0 aliphatic carbocycles. The van der Waals surface area contributed by atoms with Crippen LogP contribution in [0.2, 0.25) is 18.1 Å². The second kappa shape index (κ2) is 12.2. The maximum Gasteiger partial charge on any atom is 0.397 e. The lowest BCUT2D eigenvalue weighted by Gasteiger charge is -2.36. The largest absolute Gasteiger partial charge is 0.543 e. The van der Waals surface area contributed by atoms with Gasteiger partial charge >= 0.3 is 17.8 Å². The quantitative estimate of drug-likeness (QED) is 0.214. The Balaban J connectivity index is 1.64. The number of fused-ring (bicyclic) bond motifs is 2. The van der Waals surface area contributed by atoms with Gasteiger partial charge in [0, 0.05) is 18.0 Å². The molecular formula is C33H47N3O7SSi. The van der Waals surface area contributed by atoms with Crippen LogP contribution in [0.15, 0.2) is 18.2 Å². The first-order valence-electron chi connectivity index (χ1n) is 15.3. The van der Waals surface area contributed by atoms with E-state index in [1.807, 2.05) is 18.2 Å². The molecular weight excluding hydrogens is 611 g/mol. The van der Waals surface area contributed by atoms with Crippen LogP contribution in [0.1, 0.15) is 105 Å². The number of hydrogen-bond donors (Lipinski definition) is 2. The van der Waals surface area contributed by atoms with Crippen LogP contribution in [0.25, 0.3) is 0 Å². The molecule has 2 aliphatic rings. The molecule has 1 unspecified atom stereocenters. The minimum Gasteiger partial charge on any atom is -0.543 e. The third-order valence-corrected chi connectivity index (χ3v) is 13.7. The molecule has 0 spiro atoms. The van der Waals surface area contributed by atoms with Crippen LogP contribution in [-0.2, 0) is 32.0 Å². The van der Waals surface area contributed by atoms with Crippen molar-refractivity contribution < 1.29 is 33.1 Å². The SMILES string of the molecule is CC(C)(C)OC(=O)C(=O)Nc1sc2c(c1C(=O)OC(C)(C)C)CCNC2CN1Cc2cccc(O[Si](C)(C)C(C)(C)C)c2C1=O. The highest BCUT2D eigenvalue weighted by Crippen LogP contribution is 2.43. The summed E-state index contributed by atoms with van der Waals surface area (Å²) in [5.74, 6) is -2.08. The number of carbonyl (C=O) groups excluding carboxylic acids is 4. The van der Waals surface area contributed by atoms with Crippen LogP contribution in [-0.4, -0.2) is 61.3 Å². The molecule has 3 heterocycles. The van der Waals surface area contributed by atoms with E-state index in [4.69, 9.17) is 13.9 Å². The van der Waals surface area contributed by atoms with Gasteiger partial charge in [0.1, 0.15) is 22.0 Å². The van der Waals surface area contributed by atoms with Gasteiger partial charge in [-0.1, -0.05) is 32.9 Å². The standard InChI is InChI=1S/C33H47N3O7SSi/c1-31(2,3)41-29(39)24-20-15-16-34-21(25(20)44-27(24)35-26(37)30(40)42-32(4,5)6)18-36-17-19-13-12-14-22(23(19)28(36)38)43-45(10,11)33(7,8)9/h12-14,21,34H,15-18H2,1-11H3,(H,35,37). The summed E-state index contributed by atoms with van der Waals surface area (Å²) in [5.41, 5.74) is 0.852. The van der Waals surface area contributed by atoms with E-state index in [0.29, 0.717) is 37.4 Å². The number of nitrogens with zero attached hydrogens (tertiary/aromatic N) is 1. The highest BCUT2D eigenvalue weighted by molar-refractivity contribution is 7.17. The summed E-state index contributed by atoms with van der Waals surface area (Å²) in [6.07, 6.45) is 0.512. The normalized spacial score (nSPS) is 17.0. The minimum absolute atomic E-state index is 0.0267. The van der Waals surface area contributed by atoms with E-state index in [2.05, 4.69) is 44.5 Å². The number of anilines is 1. The van der Waals surface area contributed by atoms with Gasteiger partial charge < -0.3 is 29.4 Å². The minimum atomic E-state index is -2.19. The fraction of sp³-hybridized carbons (Fsp3) is 0.576. The van der Waals surface area contributed by atoms with Gasteiger partial charge in [0.15, 0.2) is 0 Å². The maximum atomic E-state index is 13.9. The van der Waals surface area contributed by atoms with E-state index in [-0.39, 0.29) is 27.6 Å². The van der Waals surface area contributed by atoms with Crippen LogP contribution in [0.4, 0.5) is 5.00 Å². The summed E-state index contributed by atoms with van der Waals surface area (Å²) in [7, 11) is -2.19. The Labute approximate surface area is 271 Å². The van der Waals surface area contributed by atoms with E-state index < -0.39 is 37.4 Å². The summed E-state index contributed by atoms with van der Waals surface area (Å²) < 4.78 is 17.6. The van der Waals surface area contributed by atoms with E-state index in [1.54, 1.807) is 46.4 Å². The molecule has 0 saturated carbocycles.